The van der Waals surface area contributed by atoms with Crippen LogP contribution in [0.3, 0.4) is 0 Å². The van der Waals surface area contributed by atoms with Crippen molar-refractivity contribution in [2.75, 3.05) is 7.11 Å². The Hall–Kier alpha value is -1.84. The molecule has 0 saturated heterocycles. The third-order valence-corrected chi connectivity index (χ3v) is 3.62. The molecule has 21 heavy (non-hydrogen) atoms. The van der Waals surface area contributed by atoms with Crippen molar-refractivity contribution in [3.05, 3.63) is 35.2 Å². The maximum absolute atomic E-state index is 13.8. The average Bonchev–Trinajstić information content (AvgIpc) is 2.82. The zero-order valence-electron chi connectivity index (χ0n) is 13.3. The lowest BCUT2D eigenvalue weighted by Crippen LogP contribution is -2.11. The summed E-state index contributed by atoms with van der Waals surface area (Å²) in [6.45, 7) is 8.07. The van der Waals surface area contributed by atoms with Gasteiger partial charge in [0.1, 0.15) is 0 Å². The minimum Gasteiger partial charge on any atom is -0.504 e. The van der Waals surface area contributed by atoms with E-state index in [1.807, 2.05) is 33.8 Å². The molecule has 2 rings (SSSR count). The number of methoxy groups -OCH3 is 1. The number of halogens is 1. The number of phenolic OH excluding ortho intramolecular Hbond substituents is 1. The van der Waals surface area contributed by atoms with Gasteiger partial charge in [-0.3, -0.25) is 0 Å². The highest BCUT2D eigenvalue weighted by Gasteiger charge is 2.31. The average molecular weight is 294 g/mol. The highest BCUT2D eigenvalue weighted by molar-refractivity contribution is 5.91. The van der Waals surface area contributed by atoms with Crippen molar-refractivity contribution in [2.24, 2.45) is 5.41 Å². The lowest BCUT2D eigenvalue weighted by atomic mass is 9.81. The summed E-state index contributed by atoms with van der Waals surface area (Å²) in [5.41, 5.74) is 1.22. The maximum atomic E-state index is 13.8. The van der Waals surface area contributed by atoms with Gasteiger partial charge in [-0.15, -0.1) is 0 Å². The first-order valence-electron chi connectivity index (χ1n) is 7.18. The normalized spacial score (nSPS) is 15.8. The van der Waals surface area contributed by atoms with E-state index in [9.17, 15) is 14.3 Å². The number of benzene rings is 1. The zero-order chi connectivity index (χ0) is 16.2. The van der Waals surface area contributed by atoms with Gasteiger partial charge in [0.05, 0.1) is 12.7 Å². The molecule has 1 N–H and O–H groups in total. The largest absolute Gasteiger partial charge is 0.504 e. The first-order valence-corrected chi connectivity index (χ1v) is 7.18. The molecule has 0 amide bonds. The van der Waals surface area contributed by atoms with Gasteiger partial charge in [-0.05, 0) is 36.0 Å². The van der Waals surface area contributed by atoms with E-state index in [2.05, 4.69) is 4.74 Å². The molecule has 1 aliphatic carbocycles. The van der Waals surface area contributed by atoms with Crippen LogP contribution in [-0.2, 0) is 4.74 Å². The monoisotopic (exact) mass is 294 g/mol. The van der Waals surface area contributed by atoms with Crippen LogP contribution in [0, 0.1) is 11.2 Å². The van der Waals surface area contributed by atoms with Crippen LogP contribution in [0.1, 0.15) is 56.5 Å². The van der Waals surface area contributed by atoms with Gasteiger partial charge in [0.15, 0.2) is 11.6 Å². The fourth-order valence-electron chi connectivity index (χ4n) is 2.50. The number of carbonyl (C=O) groups excluding carboxylic acids is 1. The predicted molar refractivity (Wildman–Crippen MR) is 81.7 cm³/mol. The van der Waals surface area contributed by atoms with Gasteiger partial charge >= 0.3 is 5.97 Å². The van der Waals surface area contributed by atoms with Crippen LogP contribution in [0.25, 0.3) is 5.57 Å². The molecule has 4 heteroatoms. The molecule has 0 saturated carbocycles. The van der Waals surface area contributed by atoms with Crippen molar-refractivity contribution in [3.8, 4) is 5.75 Å². The van der Waals surface area contributed by atoms with E-state index in [0.29, 0.717) is 5.56 Å². The smallest absolute Gasteiger partial charge is 0.337 e. The number of allylic oxidation sites excluding steroid dienone is 2. The van der Waals surface area contributed by atoms with Gasteiger partial charge in [-0.2, -0.15) is 0 Å². The van der Waals surface area contributed by atoms with Gasteiger partial charge in [0.25, 0.3) is 0 Å². The number of rotatable bonds is 2. The molecule has 1 aliphatic rings. The third kappa shape index (κ3) is 3.43. The summed E-state index contributed by atoms with van der Waals surface area (Å²) >= 11 is 0. The molecule has 0 bridgehead atoms. The van der Waals surface area contributed by atoms with Gasteiger partial charge in [-0.25, -0.2) is 9.18 Å². The lowest BCUT2D eigenvalue weighted by Gasteiger charge is -2.23. The van der Waals surface area contributed by atoms with Crippen LogP contribution >= 0.6 is 0 Å². The van der Waals surface area contributed by atoms with Gasteiger partial charge < -0.3 is 9.84 Å². The summed E-state index contributed by atoms with van der Waals surface area (Å²) in [7, 11) is 1.24. The Kier molecular flexibility index (Phi) is 5.53. The Morgan fingerprint density at radius 2 is 1.95 bits per heavy atom. The molecule has 0 aliphatic heterocycles. The second-order valence-electron chi connectivity index (χ2n) is 5.39. The van der Waals surface area contributed by atoms with E-state index < -0.39 is 17.5 Å². The molecule has 0 aromatic heterocycles. The standard InChI is InChI=1S/C15H17FO3.C2H6/c1-15(2)6-4-5-11(15)10-7-9(14(18)19-3)8-12(16)13(10)17;1-2/h5,7-8,17H,4,6H2,1-3H3;1-2H3. The predicted octanol–water partition coefficient (Wildman–Crippen LogP) is 4.55. The van der Waals surface area contributed by atoms with Gasteiger partial charge in [0, 0.05) is 5.56 Å². The quantitative estimate of drug-likeness (QED) is 0.814. The number of phenols is 1. The fourth-order valence-corrected chi connectivity index (χ4v) is 2.50. The van der Waals surface area contributed by atoms with Crippen molar-refractivity contribution in [1.82, 2.24) is 0 Å². The van der Waals surface area contributed by atoms with Crippen molar-refractivity contribution >= 4 is 11.5 Å². The van der Waals surface area contributed by atoms with Crippen LogP contribution in [0.4, 0.5) is 4.39 Å². The van der Waals surface area contributed by atoms with E-state index >= 15 is 0 Å². The van der Waals surface area contributed by atoms with Crippen molar-refractivity contribution < 1.29 is 19.0 Å². The van der Waals surface area contributed by atoms with Crippen LogP contribution in [0.2, 0.25) is 0 Å². The van der Waals surface area contributed by atoms with Crippen LogP contribution in [0.5, 0.6) is 5.75 Å². The Balaban J connectivity index is 0.00000106. The highest BCUT2D eigenvalue weighted by atomic mass is 19.1. The van der Waals surface area contributed by atoms with Crippen LogP contribution in [-0.4, -0.2) is 18.2 Å². The lowest BCUT2D eigenvalue weighted by molar-refractivity contribution is 0.0600. The Morgan fingerprint density at radius 3 is 2.43 bits per heavy atom. The summed E-state index contributed by atoms with van der Waals surface area (Å²) in [6, 6.07) is 2.48. The van der Waals surface area contributed by atoms with Crippen molar-refractivity contribution in [1.29, 1.82) is 0 Å². The third-order valence-electron chi connectivity index (χ3n) is 3.62. The molecular formula is C17H23FO3. The minimum atomic E-state index is -0.804. The molecule has 0 radical (unpaired) electrons. The van der Waals surface area contributed by atoms with E-state index in [0.717, 1.165) is 24.5 Å². The molecule has 0 atom stereocenters. The van der Waals surface area contributed by atoms with Gasteiger partial charge in [-0.1, -0.05) is 33.8 Å². The number of esters is 1. The number of carbonyl (C=O) groups is 1. The number of hydrogen-bond donors (Lipinski definition) is 1. The summed E-state index contributed by atoms with van der Waals surface area (Å²) in [5.74, 6) is -1.83. The molecule has 0 unspecified atom stereocenters. The Morgan fingerprint density at radius 1 is 1.33 bits per heavy atom. The first-order chi connectivity index (χ1) is 9.86. The van der Waals surface area contributed by atoms with Crippen molar-refractivity contribution in [3.63, 3.8) is 0 Å². The van der Waals surface area contributed by atoms with E-state index in [1.54, 1.807) is 0 Å². The first kappa shape index (κ1) is 17.2. The molecule has 3 nitrogen and oxygen atoms in total. The summed E-state index contributed by atoms with van der Waals surface area (Å²) < 4.78 is 18.4. The SMILES string of the molecule is CC.COC(=O)c1cc(F)c(O)c(C2=CCCC2(C)C)c1. The van der Waals surface area contributed by atoms with Crippen molar-refractivity contribution in [2.45, 2.75) is 40.5 Å². The molecule has 0 spiro atoms. The van der Waals surface area contributed by atoms with Gasteiger partial charge in [0.2, 0.25) is 0 Å². The number of aromatic hydroxyl groups is 1. The summed E-state index contributed by atoms with van der Waals surface area (Å²) in [6.07, 6.45) is 3.80. The minimum absolute atomic E-state index is 0.108. The fraction of sp³-hybridized carbons (Fsp3) is 0.471. The van der Waals surface area contributed by atoms with E-state index in [4.69, 9.17) is 0 Å². The molecule has 0 fully saturated rings. The maximum Gasteiger partial charge on any atom is 0.337 e. The van der Waals surface area contributed by atoms with Crippen LogP contribution in [0.15, 0.2) is 18.2 Å². The Labute approximate surface area is 125 Å². The molecule has 0 heterocycles. The molecule has 1 aromatic rings. The second kappa shape index (κ2) is 6.74. The summed E-state index contributed by atoms with van der Waals surface area (Å²) in [4.78, 5) is 11.5. The number of hydrogen-bond acceptors (Lipinski definition) is 3. The zero-order valence-corrected chi connectivity index (χ0v) is 13.3. The highest BCUT2D eigenvalue weighted by Crippen LogP contribution is 2.47. The van der Waals surface area contributed by atoms with E-state index in [1.165, 1.54) is 13.2 Å². The molecular weight excluding hydrogens is 271 g/mol. The molecule has 1 aromatic carbocycles. The number of ether oxygens (including phenoxy) is 1. The second-order valence-corrected chi connectivity index (χ2v) is 5.39. The van der Waals surface area contributed by atoms with Crippen LogP contribution < -0.4 is 0 Å². The summed E-state index contributed by atoms with van der Waals surface area (Å²) in [5, 5.41) is 9.90. The van der Waals surface area contributed by atoms with E-state index in [-0.39, 0.29) is 11.0 Å². The topological polar surface area (TPSA) is 46.5 Å². The Bertz CT molecular complexity index is 559. The molecule has 116 valence electrons.